The number of aromatic amines is 1. The molecule has 3 aromatic rings. The van der Waals surface area contributed by atoms with Gasteiger partial charge < -0.3 is 0 Å². The largest absolute Gasteiger partial charge is 0.147 e. The third-order valence-corrected chi connectivity index (χ3v) is 8.60. The van der Waals surface area contributed by atoms with Crippen molar-refractivity contribution in [1.82, 2.24) is 14.9 Å². The third-order valence-electron chi connectivity index (χ3n) is 4.56. The van der Waals surface area contributed by atoms with Gasteiger partial charge in [0.25, 0.3) is 0 Å². The zero-order chi connectivity index (χ0) is 19.6. The number of halogens is 1. The monoisotopic (exact) mass is 506 g/mol. The maximum atomic E-state index is 12.5. The minimum atomic E-state index is -1.34. The second-order valence-corrected chi connectivity index (χ2v) is 16.7. The molecular weight excluding hydrogens is 482 g/mol. The number of H-pyrrole nitrogens is 1. The van der Waals surface area contributed by atoms with Gasteiger partial charge in [0.05, 0.1) is 6.07 Å². The van der Waals surface area contributed by atoms with Crippen LogP contribution in [-0.2, 0) is 0 Å². The van der Waals surface area contributed by atoms with Crippen LogP contribution < -0.4 is 0 Å². The number of nitriles is 1. The Bertz CT molecular complexity index is 1030. The SMILES string of the molecule is CN(C[CH2][SnH]([CH3])[CH3])C(=O)c1ccc(-c2c(O)[nH]c3ccc(C#N)cc23)nc1.Cl. The van der Waals surface area contributed by atoms with E-state index in [0.717, 1.165) is 21.9 Å². The summed E-state index contributed by atoms with van der Waals surface area (Å²) in [5.74, 6) is -0.0517. The van der Waals surface area contributed by atoms with Crippen molar-refractivity contribution in [2.45, 2.75) is 14.3 Å². The van der Waals surface area contributed by atoms with Crippen molar-refractivity contribution in [3.63, 3.8) is 0 Å². The molecule has 2 aromatic heterocycles. The summed E-state index contributed by atoms with van der Waals surface area (Å²) in [4.78, 5) is 26.2. The van der Waals surface area contributed by atoms with Gasteiger partial charge in [0, 0.05) is 0 Å². The molecular formula is C20H23ClN4O2Sn. The number of nitrogens with zero attached hydrogens (tertiary/aromatic N) is 3. The van der Waals surface area contributed by atoms with Crippen molar-refractivity contribution in [2.24, 2.45) is 0 Å². The Hall–Kier alpha value is -2.24. The predicted molar refractivity (Wildman–Crippen MR) is 116 cm³/mol. The number of hydrogen-bond acceptors (Lipinski definition) is 4. The van der Waals surface area contributed by atoms with E-state index in [-0.39, 0.29) is 24.2 Å². The fraction of sp³-hybridized carbons (Fsp3) is 0.250. The molecule has 0 fully saturated rings. The Kier molecular flexibility index (Phi) is 7.33. The summed E-state index contributed by atoms with van der Waals surface area (Å²) < 4.78 is 1.15. The van der Waals surface area contributed by atoms with E-state index >= 15 is 0 Å². The molecule has 2 N–H and O–H groups in total. The topological polar surface area (TPSA) is 93.0 Å². The molecule has 1 aromatic carbocycles. The van der Waals surface area contributed by atoms with Crippen molar-refractivity contribution in [3.8, 4) is 23.2 Å². The maximum absolute atomic E-state index is 12.5. The van der Waals surface area contributed by atoms with E-state index in [1.165, 1.54) is 0 Å². The van der Waals surface area contributed by atoms with Gasteiger partial charge in [-0.2, -0.15) is 5.26 Å². The van der Waals surface area contributed by atoms with Gasteiger partial charge in [-0.3, -0.25) is 0 Å². The third kappa shape index (κ3) is 4.59. The average molecular weight is 506 g/mol. The van der Waals surface area contributed by atoms with Crippen LogP contribution in [-0.4, -0.2) is 59.2 Å². The Labute approximate surface area is 177 Å². The molecule has 0 aliphatic rings. The molecule has 1 amide bonds. The zero-order valence-corrected chi connectivity index (χ0v) is 20.2. The maximum Gasteiger partial charge on any atom is -0.147 e. The minimum absolute atomic E-state index is 0. The van der Waals surface area contributed by atoms with E-state index in [1.54, 1.807) is 41.4 Å². The Morgan fingerprint density at radius 1 is 1.32 bits per heavy atom. The van der Waals surface area contributed by atoms with Crippen molar-refractivity contribution >= 4 is 49.0 Å². The van der Waals surface area contributed by atoms with Crippen molar-refractivity contribution in [3.05, 3.63) is 47.7 Å². The van der Waals surface area contributed by atoms with E-state index in [4.69, 9.17) is 5.26 Å². The first-order valence-corrected chi connectivity index (χ1v) is 17.8. The number of benzene rings is 1. The molecule has 0 saturated carbocycles. The summed E-state index contributed by atoms with van der Waals surface area (Å²) in [6.45, 7) is 0.786. The van der Waals surface area contributed by atoms with Gasteiger partial charge in [0.15, 0.2) is 0 Å². The van der Waals surface area contributed by atoms with Gasteiger partial charge >= 0.3 is 148 Å². The molecule has 0 unspecified atom stereocenters. The number of amides is 1. The summed E-state index contributed by atoms with van der Waals surface area (Å²) in [7, 11) is 1.82. The first-order valence-electron chi connectivity index (χ1n) is 8.87. The number of carbonyl (C=O) groups is 1. The quantitative estimate of drug-likeness (QED) is 0.516. The zero-order valence-electron chi connectivity index (χ0n) is 16.1. The summed E-state index contributed by atoms with van der Waals surface area (Å²) >= 11 is -1.34. The van der Waals surface area contributed by atoms with Crippen LogP contribution in [0.25, 0.3) is 22.2 Å². The summed E-state index contributed by atoms with van der Waals surface area (Å²) in [5, 5.41) is 20.1. The van der Waals surface area contributed by atoms with Crippen LogP contribution >= 0.6 is 12.4 Å². The Morgan fingerprint density at radius 2 is 2.07 bits per heavy atom. The van der Waals surface area contributed by atoms with Gasteiger partial charge in [0.1, 0.15) is 0 Å². The van der Waals surface area contributed by atoms with E-state index in [0.29, 0.717) is 22.4 Å². The smallest absolute Gasteiger partial charge is 0.147 e. The van der Waals surface area contributed by atoms with E-state index in [2.05, 4.69) is 25.9 Å². The van der Waals surface area contributed by atoms with E-state index < -0.39 is 19.8 Å². The number of fused-ring (bicyclic) bond motifs is 1. The molecule has 0 aliphatic heterocycles. The van der Waals surface area contributed by atoms with Crippen molar-refractivity contribution < 1.29 is 9.90 Å². The van der Waals surface area contributed by atoms with Crippen LogP contribution in [0.15, 0.2) is 36.5 Å². The molecule has 0 radical (unpaired) electrons. The number of aromatic nitrogens is 2. The van der Waals surface area contributed by atoms with Gasteiger partial charge in [-0.15, -0.1) is 12.4 Å². The van der Waals surface area contributed by atoms with Crippen LogP contribution in [0.3, 0.4) is 0 Å². The van der Waals surface area contributed by atoms with Crippen molar-refractivity contribution in [2.75, 3.05) is 13.6 Å². The van der Waals surface area contributed by atoms with E-state index in [9.17, 15) is 9.90 Å². The fourth-order valence-corrected chi connectivity index (χ4v) is 5.53. The number of hydrogen-bond donors (Lipinski definition) is 2. The van der Waals surface area contributed by atoms with Crippen LogP contribution in [0.2, 0.25) is 14.3 Å². The van der Waals surface area contributed by atoms with Gasteiger partial charge in [-0.25, -0.2) is 0 Å². The minimum Gasteiger partial charge on any atom is -0.147 e. The predicted octanol–water partition coefficient (Wildman–Crippen LogP) is 3.79. The van der Waals surface area contributed by atoms with Crippen LogP contribution in [0, 0.1) is 11.3 Å². The van der Waals surface area contributed by atoms with Gasteiger partial charge in [0.2, 0.25) is 0 Å². The molecule has 0 aliphatic carbocycles. The van der Waals surface area contributed by atoms with Crippen LogP contribution in [0.5, 0.6) is 5.88 Å². The second-order valence-electron chi connectivity index (χ2n) is 7.06. The Morgan fingerprint density at radius 3 is 2.68 bits per heavy atom. The standard InChI is InChI=1S/C18H15N4O2.2CH3.ClH.Sn.H/c1-3-22(2)18(24)12-5-7-15(20-10-12)16-13-8-11(9-19)4-6-14(13)21-17(16)23;;;;;/h4-8,10,21,23H,1,3H2,2H3;2*1H3;1H;;. The van der Waals surface area contributed by atoms with Gasteiger partial charge in [-0.1, -0.05) is 0 Å². The second kappa shape index (κ2) is 9.30. The van der Waals surface area contributed by atoms with Crippen molar-refractivity contribution in [1.29, 1.82) is 5.26 Å². The van der Waals surface area contributed by atoms with Gasteiger partial charge in [-0.05, 0) is 6.07 Å². The number of aromatic hydroxyl groups is 1. The summed E-state index contributed by atoms with van der Waals surface area (Å²) in [6.07, 6.45) is 1.54. The molecule has 0 atom stereocenters. The first-order chi connectivity index (χ1) is 12.9. The molecule has 2 heterocycles. The summed E-state index contributed by atoms with van der Waals surface area (Å²) in [6, 6.07) is 10.7. The molecule has 8 heteroatoms. The number of pyridine rings is 1. The summed E-state index contributed by atoms with van der Waals surface area (Å²) in [5.41, 5.74) is 2.84. The Balaban J connectivity index is 0.00000280. The van der Waals surface area contributed by atoms with E-state index in [1.807, 2.05) is 7.05 Å². The molecule has 3 rings (SSSR count). The van der Waals surface area contributed by atoms with Crippen LogP contribution in [0.4, 0.5) is 0 Å². The number of rotatable bonds is 5. The normalized spacial score (nSPS) is 10.5. The molecule has 28 heavy (non-hydrogen) atoms. The molecule has 0 bridgehead atoms. The molecule has 146 valence electrons. The molecule has 0 spiro atoms. The molecule has 0 saturated heterocycles. The van der Waals surface area contributed by atoms with Crippen LogP contribution in [0.1, 0.15) is 15.9 Å². The average Bonchev–Trinajstić information content (AvgIpc) is 3.00. The number of carbonyl (C=O) groups excluding carboxylic acids is 1. The molecule has 6 nitrogen and oxygen atoms in total. The number of nitrogens with one attached hydrogen (secondary N) is 1. The fourth-order valence-electron chi connectivity index (χ4n) is 2.95. The first kappa shape index (κ1) is 22.1.